The average molecular weight is 2040 g/mol. The highest BCUT2D eigenvalue weighted by molar-refractivity contribution is 6.38. The van der Waals surface area contributed by atoms with E-state index in [2.05, 4.69) is 71.0 Å². The molecule has 6 N–H and O–H groups in total. The first kappa shape index (κ1) is 106. The predicted molar refractivity (Wildman–Crippen MR) is 583 cm³/mol. The number of aryl methyl sites for hydroxylation is 1. The van der Waals surface area contributed by atoms with Crippen LogP contribution < -0.4 is 68.8 Å². The van der Waals surface area contributed by atoms with E-state index in [1.54, 1.807) is 83.5 Å². The molecular formula is C111H130Cl3FN22O9. The molecule has 0 bridgehead atoms. The Kier molecular flexibility index (Phi) is 36.6. The molecule has 10 heterocycles. The van der Waals surface area contributed by atoms with Crippen molar-refractivity contribution in [3.63, 3.8) is 0 Å². The number of nitrogen functional groups attached to an aromatic ring is 2. The summed E-state index contributed by atoms with van der Waals surface area (Å²) in [6.07, 6.45) is 4.30. The molecule has 0 amide bonds. The summed E-state index contributed by atoms with van der Waals surface area (Å²) in [6, 6.07) is 61.3. The number of nitrogens with two attached hydrogens (primary N) is 2. The van der Waals surface area contributed by atoms with Crippen molar-refractivity contribution in [3.8, 4) is 51.4 Å². The summed E-state index contributed by atoms with van der Waals surface area (Å²) in [7, 11) is 6.39. The number of piperazine rings is 1. The van der Waals surface area contributed by atoms with Crippen molar-refractivity contribution in [1.29, 1.82) is 0 Å². The molecule has 0 atom stereocenters. The van der Waals surface area contributed by atoms with Gasteiger partial charge in [-0.15, -0.1) is 0 Å². The van der Waals surface area contributed by atoms with Gasteiger partial charge in [-0.3, -0.25) is 71.3 Å². The number of likely N-dealkylation sites (N-methyl/N-ethyl adjacent to an activating group) is 3. The van der Waals surface area contributed by atoms with Crippen molar-refractivity contribution in [3.05, 3.63) is 314 Å². The van der Waals surface area contributed by atoms with Crippen LogP contribution in [0.15, 0.2) is 230 Å². The van der Waals surface area contributed by atoms with Crippen LogP contribution >= 0.6 is 34.8 Å². The molecule has 35 heteroatoms. The van der Waals surface area contributed by atoms with Gasteiger partial charge in [0.1, 0.15) is 57.9 Å². The smallest absolute Gasteiger partial charge is 0.267 e. The number of anilines is 2. The topological polar surface area (TPSA) is 313 Å². The molecule has 0 spiro atoms. The highest BCUT2D eigenvalue weighted by atomic mass is 35.5. The normalized spacial score (nSPS) is 15.7. The van der Waals surface area contributed by atoms with Gasteiger partial charge in [-0.05, 0) is 273 Å². The third kappa shape index (κ3) is 25.8. The van der Waals surface area contributed by atoms with Crippen molar-refractivity contribution in [2.45, 2.75) is 93.0 Å². The third-order valence-corrected chi connectivity index (χ3v) is 27.5. The molecule has 0 aliphatic carbocycles. The fourth-order valence-electron chi connectivity index (χ4n) is 19.1. The highest BCUT2D eigenvalue weighted by Gasteiger charge is 2.29. The first-order valence-corrected chi connectivity index (χ1v) is 51.5. The van der Waals surface area contributed by atoms with Crippen molar-refractivity contribution in [1.82, 2.24) is 97.6 Å². The lowest BCUT2D eigenvalue weighted by atomic mass is 10.2. The Morgan fingerprint density at radius 2 is 0.658 bits per heavy atom. The Bertz CT molecular complexity index is 7230. The van der Waals surface area contributed by atoms with Crippen LogP contribution in [0.5, 0.6) is 23.0 Å². The van der Waals surface area contributed by atoms with Crippen molar-refractivity contribution in [2.75, 3.05) is 190 Å². The van der Waals surface area contributed by atoms with Crippen LogP contribution in [0.4, 0.5) is 15.8 Å². The van der Waals surface area contributed by atoms with Crippen LogP contribution in [0.3, 0.4) is 0 Å². The fraction of sp³-hybridized carbons (Fsp3) is 0.369. The second-order valence-electron chi connectivity index (χ2n) is 37.1. The van der Waals surface area contributed by atoms with Gasteiger partial charge in [-0.2, -0.15) is 0 Å². The number of hydrogen-bond acceptors (Lipinski definition) is 26. The number of hydrogen-bond donors (Lipinski definition) is 4. The van der Waals surface area contributed by atoms with Gasteiger partial charge in [-0.1, -0.05) is 102 Å². The monoisotopic (exact) mass is 2040 g/mol. The quantitative estimate of drug-likeness (QED) is 0.0432. The number of nitrogens with one attached hydrogen (secondary N) is 2. The zero-order chi connectivity index (χ0) is 102. The minimum atomic E-state index is -0.399. The maximum absolute atomic E-state index is 13.9. The van der Waals surface area contributed by atoms with Gasteiger partial charge < -0.3 is 55.7 Å². The van der Waals surface area contributed by atoms with Crippen molar-refractivity contribution in [2.24, 2.45) is 0 Å². The fourth-order valence-corrected chi connectivity index (χ4v) is 19.9. The van der Waals surface area contributed by atoms with E-state index in [-0.39, 0.29) is 27.8 Å². The summed E-state index contributed by atoms with van der Waals surface area (Å²) in [6.45, 7) is 33.9. The predicted octanol–water partition coefficient (Wildman–Crippen LogP) is 14.7. The van der Waals surface area contributed by atoms with E-state index in [9.17, 15) is 28.4 Å². The van der Waals surface area contributed by atoms with Gasteiger partial charge in [0.05, 0.1) is 157 Å². The Labute approximate surface area is 864 Å². The number of ether oxygens (including phenoxy) is 4. The summed E-state index contributed by atoms with van der Waals surface area (Å²) < 4.78 is 45.4. The molecule has 15 aromatic rings. The van der Waals surface area contributed by atoms with Crippen LogP contribution in [0, 0.1) is 12.7 Å². The standard InChI is InChI=1S/C23H27FN4O2.C23H29N5O2.C23H28N4O2.C21H23Cl2N5O.C21H23ClN4O2/c2*1-3-30-21-8-5-4-7-20(21)28-22(16-27-12-6-11-26(2)13-14-27)25-19-15-17(24)9-10-18(19)23(28)29;1-3-29-21-15-17(2)9-10-20(21)27-22(16-26-13-6-11-24-12-14-26)25-19-8-5-4-7-18(19)23(27)28;1-26-8-3-9-27(11-10-26)13-19-25-18-12-14(24)6-7-15(18)21(29)28(19)20-16(22)4-2-5-17(20)23;1-2-28-18-9-4-3-8-17(18)26-19(14-25-12-10-23-11-13-25)24-16-7-5-6-15(22)20(16)21(26)27/h4-5,7-10,15H,3,6,11-14,16H2,1-2H3;4-5,7-10,15H,3,6,11-14,16,24H2,1-2H3;4-5,7-10,15,24H,3,6,11-14,16H2,1-2H3;2,4-7,12H,3,8-11,13,24H2,1H3;3-9,23H,2,10-14H2,1H3. The number of rotatable bonds is 23. The van der Waals surface area contributed by atoms with Gasteiger partial charge in [0, 0.05) is 96.0 Å². The van der Waals surface area contributed by atoms with Gasteiger partial charge in [0.2, 0.25) is 0 Å². The molecular weight excluding hydrogens is 1910 g/mol. The van der Waals surface area contributed by atoms with Gasteiger partial charge in [0.25, 0.3) is 27.8 Å². The van der Waals surface area contributed by atoms with E-state index in [4.69, 9.17) is 90.1 Å². The van der Waals surface area contributed by atoms with Crippen molar-refractivity contribution < 1.29 is 23.3 Å². The highest BCUT2D eigenvalue weighted by Crippen LogP contribution is 2.34. The Balaban J connectivity index is 0.000000131. The molecule has 0 unspecified atom stereocenters. The number of benzene rings is 10. The lowest BCUT2D eigenvalue weighted by Crippen LogP contribution is -2.44. The lowest BCUT2D eigenvalue weighted by molar-refractivity contribution is 0.226. The lowest BCUT2D eigenvalue weighted by Gasteiger charge is -2.28. The van der Waals surface area contributed by atoms with Crippen LogP contribution in [0.25, 0.3) is 83.0 Å². The maximum atomic E-state index is 13.9. The first-order valence-electron chi connectivity index (χ1n) is 50.4. The van der Waals surface area contributed by atoms with Gasteiger partial charge in [0.15, 0.2) is 0 Å². The SMILES string of the molecule is CCOc1cc(C)ccc1-n1c(CN2CCCNCC2)nc2ccccc2c1=O.CCOc1ccccc1-n1c(CN2CCCN(C)CC2)nc2cc(F)ccc2c1=O.CCOc1ccccc1-n1c(CN2CCCN(C)CC2)nc2cc(N)ccc2c1=O.CCOc1ccccc1-n1c(CN2CCNCC2)nc2cccc(Cl)c2c1=O.CN1CCCN(Cc2nc3cc(N)ccc3c(=O)n2-c2c(Cl)cccc2Cl)CC1. The van der Waals surface area contributed by atoms with Crippen LogP contribution in [0.1, 0.15) is 88.1 Å². The molecule has 5 aliphatic rings. The number of halogens is 4. The van der Waals surface area contributed by atoms with E-state index >= 15 is 0 Å². The number of para-hydroxylation sites is 8. The summed E-state index contributed by atoms with van der Waals surface area (Å²) in [5.41, 5.74) is 19.7. The molecule has 10 aromatic carbocycles. The van der Waals surface area contributed by atoms with E-state index in [0.717, 1.165) is 185 Å². The van der Waals surface area contributed by atoms with E-state index in [0.29, 0.717) is 198 Å². The second kappa shape index (κ2) is 50.5. The van der Waals surface area contributed by atoms with Crippen LogP contribution in [0.2, 0.25) is 15.1 Å². The van der Waals surface area contributed by atoms with Gasteiger partial charge in [-0.25, -0.2) is 29.3 Å². The van der Waals surface area contributed by atoms with E-state index in [1.165, 1.54) is 18.2 Å². The number of fused-ring (bicyclic) bond motifs is 5. The Hall–Kier alpha value is -12.9. The molecule has 5 aromatic heterocycles. The Morgan fingerprint density at radius 1 is 0.315 bits per heavy atom. The third-order valence-electron chi connectivity index (χ3n) is 26.5. The molecule has 31 nitrogen and oxygen atoms in total. The molecule has 5 aliphatic heterocycles. The Morgan fingerprint density at radius 3 is 1.13 bits per heavy atom. The molecule has 20 rings (SSSR count). The maximum Gasteiger partial charge on any atom is 0.267 e. The van der Waals surface area contributed by atoms with Crippen LogP contribution in [-0.4, -0.2) is 265 Å². The first-order chi connectivity index (χ1) is 70.9. The van der Waals surface area contributed by atoms with E-state index in [1.807, 2.05) is 162 Å². The van der Waals surface area contributed by atoms with E-state index < -0.39 is 5.82 Å². The minimum absolute atomic E-state index is 0.0525. The van der Waals surface area contributed by atoms with Crippen LogP contribution in [-0.2, 0) is 32.7 Å². The molecule has 766 valence electrons. The molecule has 0 saturated carbocycles. The summed E-state index contributed by atoms with van der Waals surface area (Å²) in [5.74, 6) is 5.61. The van der Waals surface area contributed by atoms with Gasteiger partial charge >= 0.3 is 0 Å². The largest absolute Gasteiger partial charge is 0.492 e. The zero-order valence-electron chi connectivity index (χ0n) is 84.4. The summed E-state index contributed by atoms with van der Waals surface area (Å²) >= 11 is 19.3. The molecule has 5 fully saturated rings. The molecule has 0 radical (unpaired) electrons. The number of aromatic nitrogens is 10. The summed E-state index contributed by atoms with van der Waals surface area (Å²) in [4.78, 5) is 110. The molecule has 146 heavy (non-hydrogen) atoms. The van der Waals surface area contributed by atoms with Crippen molar-refractivity contribution >= 4 is 101 Å². The number of nitrogens with zero attached hydrogens (tertiary/aromatic N) is 18. The zero-order valence-corrected chi connectivity index (χ0v) is 86.6. The minimum Gasteiger partial charge on any atom is -0.492 e. The average Bonchev–Trinajstić information content (AvgIpc) is 0.786. The second-order valence-corrected chi connectivity index (χ2v) is 38.3. The molecule has 5 saturated heterocycles. The summed E-state index contributed by atoms with van der Waals surface area (Å²) in [5, 5.41) is 10.5.